The van der Waals surface area contributed by atoms with E-state index in [4.69, 9.17) is 11.6 Å². The maximum Gasteiger partial charge on any atom is 0.213 e. The van der Waals surface area contributed by atoms with E-state index in [1.807, 2.05) is 13.2 Å². The highest BCUT2D eigenvalue weighted by molar-refractivity contribution is 7.99. The van der Waals surface area contributed by atoms with Crippen LogP contribution in [0.3, 0.4) is 0 Å². The standard InChI is InChI=1S/C18H19ClN4O2S2/c1-10-7-14-11(2)21-17-16(18(26-3)22-23(17)15(14)9-20-10)27(24,25)13-6-4-5-12(19)8-13/h4-6,8,10,20H,7,9H2,1-3H3. The van der Waals surface area contributed by atoms with Gasteiger partial charge in [-0.05, 0) is 50.3 Å². The third-order valence-electron chi connectivity index (χ3n) is 4.80. The molecule has 4 rings (SSSR count). The van der Waals surface area contributed by atoms with Crippen LogP contribution in [0.5, 0.6) is 0 Å². The zero-order valence-corrected chi connectivity index (χ0v) is 17.5. The van der Waals surface area contributed by atoms with Crippen molar-refractivity contribution in [2.24, 2.45) is 0 Å². The zero-order valence-electron chi connectivity index (χ0n) is 15.2. The summed E-state index contributed by atoms with van der Waals surface area (Å²) < 4.78 is 28.5. The summed E-state index contributed by atoms with van der Waals surface area (Å²) in [7, 11) is -3.81. The van der Waals surface area contributed by atoms with Gasteiger partial charge < -0.3 is 5.32 Å². The molecule has 1 aliphatic rings. The quantitative estimate of drug-likeness (QED) is 0.653. The van der Waals surface area contributed by atoms with Gasteiger partial charge in [0.25, 0.3) is 0 Å². The molecule has 3 heterocycles. The molecule has 0 fully saturated rings. The molecule has 1 aliphatic heterocycles. The fourth-order valence-corrected chi connectivity index (χ4v) is 6.13. The van der Waals surface area contributed by atoms with Crippen LogP contribution in [-0.2, 0) is 22.8 Å². The Morgan fingerprint density at radius 3 is 2.85 bits per heavy atom. The molecule has 2 aromatic heterocycles. The number of halogens is 1. The number of thioether (sulfide) groups is 1. The first kappa shape index (κ1) is 18.7. The third-order valence-corrected chi connectivity index (χ3v) is 7.62. The minimum Gasteiger partial charge on any atom is -0.308 e. The van der Waals surface area contributed by atoms with Gasteiger partial charge in [0.2, 0.25) is 9.84 Å². The third kappa shape index (κ3) is 3.04. The number of aromatic nitrogens is 3. The number of sulfone groups is 1. The molecule has 1 N–H and O–H groups in total. The molecule has 1 unspecified atom stereocenters. The number of nitrogens with one attached hydrogen (secondary N) is 1. The Kier molecular flexibility index (Phi) is 4.70. The molecule has 27 heavy (non-hydrogen) atoms. The summed E-state index contributed by atoms with van der Waals surface area (Å²) in [4.78, 5) is 4.94. The second-order valence-corrected chi connectivity index (χ2v) is 9.76. The SMILES string of the molecule is CSc1nn2c3c(c(C)nc2c1S(=O)(=O)c1cccc(Cl)c1)CC(C)NC3. The van der Waals surface area contributed by atoms with E-state index < -0.39 is 9.84 Å². The summed E-state index contributed by atoms with van der Waals surface area (Å²) in [6.45, 7) is 4.68. The molecule has 0 aliphatic carbocycles. The van der Waals surface area contributed by atoms with Gasteiger partial charge in [-0.25, -0.2) is 17.9 Å². The predicted octanol–water partition coefficient (Wildman–Crippen LogP) is 3.28. The number of rotatable bonds is 3. The highest BCUT2D eigenvalue weighted by Crippen LogP contribution is 2.34. The van der Waals surface area contributed by atoms with Crippen molar-refractivity contribution >= 4 is 38.8 Å². The van der Waals surface area contributed by atoms with E-state index in [0.29, 0.717) is 28.3 Å². The van der Waals surface area contributed by atoms with Gasteiger partial charge in [-0.3, -0.25) is 0 Å². The number of nitrogens with zero attached hydrogens (tertiary/aromatic N) is 3. The maximum atomic E-state index is 13.4. The van der Waals surface area contributed by atoms with E-state index >= 15 is 0 Å². The lowest BCUT2D eigenvalue weighted by atomic mass is 9.99. The first-order chi connectivity index (χ1) is 12.8. The van der Waals surface area contributed by atoms with Crippen LogP contribution in [0.25, 0.3) is 5.65 Å². The highest BCUT2D eigenvalue weighted by Gasteiger charge is 2.31. The van der Waals surface area contributed by atoms with Gasteiger partial charge in [-0.15, -0.1) is 11.8 Å². The predicted molar refractivity (Wildman–Crippen MR) is 106 cm³/mol. The van der Waals surface area contributed by atoms with Crippen molar-refractivity contribution in [2.45, 2.75) is 47.7 Å². The molecule has 0 amide bonds. The fraction of sp³-hybridized carbons (Fsp3) is 0.333. The minimum absolute atomic E-state index is 0.141. The first-order valence-electron chi connectivity index (χ1n) is 8.52. The van der Waals surface area contributed by atoms with Crippen molar-refractivity contribution < 1.29 is 8.42 Å². The fourth-order valence-electron chi connectivity index (χ4n) is 3.44. The Hall–Kier alpha value is -1.61. The van der Waals surface area contributed by atoms with Gasteiger partial charge in [-0.2, -0.15) is 5.10 Å². The molecule has 1 atom stereocenters. The number of fused-ring (bicyclic) bond motifs is 3. The summed E-state index contributed by atoms with van der Waals surface area (Å²) >= 11 is 7.32. The molecule has 0 bridgehead atoms. The number of aryl methyl sites for hydroxylation is 1. The Morgan fingerprint density at radius 1 is 1.37 bits per heavy atom. The Balaban J connectivity index is 2.03. The van der Waals surface area contributed by atoms with E-state index in [0.717, 1.165) is 23.4 Å². The highest BCUT2D eigenvalue weighted by atomic mass is 35.5. The average molecular weight is 423 g/mol. The number of hydrogen-bond donors (Lipinski definition) is 1. The molecule has 142 valence electrons. The normalized spacial score (nSPS) is 17.3. The van der Waals surface area contributed by atoms with E-state index in [-0.39, 0.29) is 9.79 Å². The van der Waals surface area contributed by atoms with Crippen LogP contribution in [-0.4, -0.2) is 35.3 Å². The van der Waals surface area contributed by atoms with Crippen LogP contribution in [0.4, 0.5) is 0 Å². The van der Waals surface area contributed by atoms with E-state index in [1.54, 1.807) is 22.7 Å². The topological polar surface area (TPSA) is 76.4 Å². The van der Waals surface area contributed by atoms with Crippen LogP contribution in [0.2, 0.25) is 5.02 Å². The van der Waals surface area contributed by atoms with Crippen molar-refractivity contribution in [3.8, 4) is 0 Å². The molecule has 0 saturated heterocycles. The lowest BCUT2D eigenvalue weighted by molar-refractivity contribution is 0.491. The summed E-state index contributed by atoms with van der Waals surface area (Å²) in [5.41, 5.74) is 3.32. The summed E-state index contributed by atoms with van der Waals surface area (Å²) in [6.07, 6.45) is 2.66. The average Bonchev–Trinajstić information content (AvgIpc) is 3.01. The zero-order chi connectivity index (χ0) is 19.3. The van der Waals surface area contributed by atoms with Gasteiger partial charge in [-0.1, -0.05) is 17.7 Å². The smallest absolute Gasteiger partial charge is 0.213 e. The molecular formula is C18H19ClN4O2S2. The Labute approximate surface area is 167 Å². The molecule has 6 nitrogen and oxygen atoms in total. The molecule has 3 aromatic rings. The van der Waals surface area contributed by atoms with Crippen molar-refractivity contribution in [3.63, 3.8) is 0 Å². The molecule has 9 heteroatoms. The summed E-state index contributed by atoms with van der Waals surface area (Å²) in [5.74, 6) is 0. The van der Waals surface area contributed by atoms with E-state index in [1.165, 1.54) is 17.8 Å². The second-order valence-electron chi connectivity index (χ2n) is 6.64. The van der Waals surface area contributed by atoms with Gasteiger partial charge in [0.05, 0.1) is 10.6 Å². The van der Waals surface area contributed by atoms with E-state index in [2.05, 4.69) is 22.3 Å². The number of hydrogen-bond acceptors (Lipinski definition) is 6. The lowest BCUT2D eigenvalue weighted by Gasteiger charge is -2.24. The lowest BCUT2D eigenvalue weighted by Crippen LogP contribution is -2.35. The van der Waals surface area contributed by atoms with Gasteiger partial charge in [0.15, 0.2) is 10.5 Å². The van der Waals surface area contributed by atoms with Crippen molar-refractivity contribution in [3.05, 3.63) is 46.2 Å². The van der Waals surface area contributed by atoms with Gasteiger partial charge in [0.1, 0.15) is 5.03 Å². The summed E-state index contributed by atoms with van der Waals surface area (Å²) in [6, 6.07) is 6.63. The summed E-state index contributed by atoms with van der Waals surface area (Å²) in [5, 5.41) is 8.82. The van der Waals surface area contributed by atoms with Gasteiger partial charge >= 0.3 is 0 Å². The van der Waals surface area contributed by atoms with Gasteiger partial charge in [0, 0.05) is 23.3 Å². The maximum absolute atomic E-state index is 13.4. The molecule has 0 saturated carbocycles. The van der Waals surface area contributed by atoms with Crippen LogP contribution >= 0.6 is 23.4 Å². The first-order valence-corrected chi connectivity index (χ1v) is 11.6. The largest absolute Gasteiger partial charge is 0.308 e. The Morgan fingerprint density at radius 2 is 2.15 bits per heavy atom. The second kappa shape index (κ2) is 6.77. The van der Waals surface area contributed by atoms with E-state index in [9.17, 15) is 8.42 Å². The molecule has 0 radical (unpaired) electrons. The minimum atomic E-state index is -3.81. The monoisotopic (exact) mass is 422 g/mol. The van der Waals surface area contributed by atoms with Crippen molar-refractivity contribution in [1.82, 2.24) is 19.9 Å². The molecule has 0 spiro atoms. The Bertz CT molecular complexity index is 1160. The van der Waals surface area contributed by atoms with Crippen LogP contribution < -0.4 is 5.32 Å². The van der Waals surface area contributed by atoms with Crippen molar-refractivity contribution in [1.29, 1.82) is 0 Å². The van der Waals surface area contributed by atoms with Crippen LogP contribution in [0.1, 0.15) is 23.9 Å². The molecule has 1 aromatic carbocycles. The number of benzene rings is 1. The molecular weight excluding hydrogens is 404 g/mol. The van der Waals surface area contributed by atoms with Crippen LogP contribution in [0.15, 0.2) is 39.1 Å². The van der Waals surface area contributed by atoms with Crippen molar-refractivity contribution in [2.75, 3.05) is 6.26 Å². The van der Waals surface area contributed by atoms with Crippen LogP contribution in [0, 0.1) is 6.92 Å².